The predicted molar refractivity (Wildman–Crippen MR) is 73.7 cm³/mol. The summed E-state index contributed by atoms with van der Waals surface area (Å²) in [6, 6.07) is 9.79. The molecule has 106 valence electrons. The van der Waals surface area contributed by atoms with E-state index in [1.807, 2.05) is 30.3 Å². The lowest BCUT2D eigenvalue weighted by atomic mass is 9.85. The van der Waals surface area contributed by atoms with Gasteiger partial charge in [-0.1, -0.05) is 30.3 Å². The Kier molecular flexibility index (Phi) is 3.47. The van der Waals surface area contributed by atoms with E-state index in [-0.39, 0.29) is 24.2 Å². The molecule has 2 aliphatic rings. The number of hydrogen-bond acceptors (Lipinski definition) is 3. The van der Waals surface area contributed by atoms with Crippen LogP contribution in [0.1, 0.15) is 37.7 Å². The van der Waals surface area contributed by atoms with Crippen LogP contribution in [0.3, 0.4) is 0 Å². The van der Waals surface area contributed by atoms with Gasteiger partial charge in [0.1, 0.15) is 5.60 Å². The number of hydrogen-bond donors (Lipinski definition) is 1. The fraction of sp³-hybridized carbons (Fsp3) is 0.500. The van der Waals surface area contributed by atoms with Crippen molar-refractivity contribution in [2.24, 2.45) is 5.92 Å². The van der Waals surface area contributed by atoms with Crippen molar-refractivity contribution in [1.82, 2.24) is 5.32 Å². The van der Waals surface area contributed by atoms with Gasteiger partial charge in [0.25, 0.3) is 0 Å². The Labute approximate surface area is 118 Å². The van der Waals surface area contributed by atoms with E-state index in [9.17, 15) is 9.59 Å². The average molecular weight is 273 g/mol. The van der Waals surface area contributed by atoms with Gasteiger partial charge in [0, 0.05) is 6.54 Å². The molecule has 1 heterocycles. The number of esters is 1. The summed E-state index contributed by atoms with van der Waals surface area (Å²) in [6.45, 7) is 0.500. The van der Waals surface area contributed by atoms with Gasteiger partial charge < -0.3 is 10.1 Å². The zero-order valence-electron chi connectivity index (χ0n) is 11.4. The summed E-state index contributed by atoms with van der Waals surface area (Å²) in [5.74, 6) is -0.602. The van der Waals surface area contributed by atoms with Crippen LogP contribution in [0.2, 0.25) is 0 Å². The Hall–Kier alpha value is -1.84. The normalized spacial score (nSPS) is 23.8. The molecule has 1 aromatic rings. The van der Waals surface area contributed by atoms with Gasteiger partial charge in [-0.2, -0.15) is 0 Å². The van der Waals surface area contributed by atoms with Crippen molar-refractivity contribution in [2.75, 3.05) is 0 Å². The van der Waals surface area contributed by atoms with Gasteiger partial charge in [-0.25, -0.2) is 0 Å². The first-order chi connectivity index (χ1) is 9.70. The number of nitrogens with one attached hydrogen (secondary N) is 1. The molecule has 0 aromatic heterocycles. The first-order valence-corrected chi connectivity index (χ1v) is 7.23. The third kappa shape index (κ3) is 2.42. The molecule has 4 heteroatoms. The molecule has 1 aliphatic heterocycles. The molecule has 1 amide bonds. The van der Waals surface area contributed by atoms with Crippen molar-refractivity contribution in [1.29, 1.82) is 0 Å². The van der Waals surface area contributed by atoms with Crippen molar-refractivity contribution in [3.63, 3.8) is 0 Å². The van der Waals surface area contributed by atoms with E-state index >= 15 is 0 Å². The van der Waals surface area contributed by atoms with Crippen molar-refractivity contribution in [3.8, 4) is 0 Å². The molecule has 3 rings (SSSR count). The number of amides is 1. The molecule has 0 unspecified atom stereocenters. The fourth-order valence-electron chi connectivity index (χ4n) is 3.36. The summed E-state index contributed by atoms with van der Waals surface area (Å²) in [4.78, 5) is 24.0. The average Bonchev–Trinajstić information content (AvgIpc) is 3.05. The Morgan fingerprint density at radius 3 is 2.65 bits per heavy atom. The standard InChI is InChI=1S/C16H19NO3/c18-14-10-13(16(20-14)8-4-5-9-16)15(19)17-11-12-6-2-1-3-7-12/h1-3,6-7,13H,4-5,8-11H2,(H,17,19)/t13-/m0/s1. The van der Waals surface area contributed by atoms with Crippen molar-refractivity contribution < 1.29 is 14.3 Å². The van der Waals surface area contributed by atoms with Gasteiger partial charge in [0.05, 0.1) is 12.3 Å². The Morgan fingerprint density at radius 1 is 1.25 bits per heavy atom. The molecule has 20 heavy (non-hydrogen) atoms. The summed E-state index contributed by atoms with van der Waals surface area (Å²) in [5, 5.41) is 2.94. The van der Waals surface area contributed by atoms with Gasteiger partial charge in [-0.15, -0.1) is 0 Å². The van der Waals surface area contributed by atoms with Crippen LogP contribution in [-0.2, 0) is 20.9 Å². The fourth-order valence-corrected chi connectivity index (χ4v) is 3.36. The monoisotopic (exact) mass is 273 g/mol. The van der Waals surface area contributed by atoms with Crippen LogP contribution in [0.25, 0.3) is 0 Å². The molecule has 1 aliphatic carbocycles. The molecule has 4 nitrogen and oxygen atoms in total. The second kappa shape index (κ2) is 5.27. The van der Waals surface area contributed by atoms with Gasteiger partial charge in [0.2, 0.25) is 5.91 Å². The Bertz CT molecular complexity index is 506. The maximum Gasteiger partial charge on any atom is 0.307 e. The van der Waals surface area contributed by atoms with Crippen LogP contribution < -0.4 is 5.32 Å². The van der Waals surface area contributed by atoms with Crippen LogP contribution in [0, 0.1) is 5.92 Å². The largest absolute Gasteiger partial charge is 0.458 e. The number of carbonyl (C=O) groups is 2. The highest BCUT2D eigenvalue weighted by Gasteiger charge is 2.53. The summed E-state index contributed by atoms with van der Waals surface area (Å²) in [7, 11) is 0. The number of benzene rings is 1. The molecule has 0 bridgehead atoms. The summed E-state index contributed by atoms with van der Waals surface area (Å²) in [5.41, 5.74) is 0.546. The summed E-state index contributed by atoms with van der Waals surface area (Å²) < 4.78 is 5.50. The molecule has 0 radical (unpaired) electrons. The van der Waals surface area contributed by atoms with Gasteiger partial charge in [0.15, 0.2) is 0 Å². The van der Waals surface area contributed by atoms with Gasteiger partial charge in [-0.3, -0.25) is 9.59 Å². The molecule has 1 saturated heterocycles. The highest BCUT2D eigenvalue weighted by atomic mass is 16.6. The third-order valence-electron chi connectivity index (χ3n) is 4.40. The van der Waals surface area contributed by atoms with Gasteiger partial charge >= 0.3 is 5.97 Å². The molecular weight excluding hydrogens is 254 g/mol. The first kappa shape index (κ1) is 13.2. The summed E-state index contributed by atoms with van der Waals surface area (Å²) in [6.07, 6.45) is 3.94. The highest BCUT2D eigenvalue weighted by molar-refractivity contribution is 5.87. The first-order valence-electron chi connectivity index (χ1n) is 7.23. The van der Waals surface area contributed by atoms with Crippen LogP contribution in [0.5, 0.6) is 0 Å². The van der Waals surface area contributed by atoms with Crippen LogP contribution in [-0.4, -0.2) is 17.5 Å². The lowest BCUT2D eigenvalue weighted by molar-refractivity contribution is -0.149. The zero-order chi connectivity index (χ0) is 14.0. The highest BCUT2D eigenvalue weighted by Crippen LogP contribution is 2.45. The number of rotatable bonds is 3. The molecule has 2 fully saturated rings. The van der Waals surface area contributed by atoms with Crippen LogP contribution >= 0.6 is 0 Å². The zero-order valence-corrected chi connectivity index (χ0v) is 11.4. The maximum absolute atomic E-state index is 12.4. The topological polar surface area (TPSA) is 55.4 Å². The summed E-state index contributed by atoms with van der Waals surface area (Å²) >= 11 is 0. The number of ether oxygens (including phenoxy) is 1. The molecule has 1 atom stereocenters. The van der Waals surface area contributed by atoms with Crippen LogP contribution in [0.15, 0.2) is 30.3 Å². The minimum atomic E-state index is -0.516. The van der Waals surface area contributed by atoms with E-state index in [4.69, 9.17) is 4.74 Å². The van der Waals surface area contributed by atoms with E-state index in [1.54, 1.807) is 0 Å². The van der Waals surface area contributed by atoms with E-state index in [1.165, 1.54) is 0 Å². The maximum atomic E-state index is 12.4. The number of carbonyl (C=O) groups excluding carboxylic acids is 2. The molecule has 1 N–H and O–H groups in total. The van der Waals surface area contributed by atoms with E-state index < -0.39 is 5.60 Å². The lowest BCUT2D eigenvalue weighted by Gasteiger charge is -2.27. The molecule has 1 aromatic carbocycles. The Balaban J connectivity index is 1.65. The van der Waals surface area contributed by atoms with E-state index in [0.717, 1.165) is 31.2 Å². The van der Waals surface area contributed by atoms with Crippen molar-refractivity contribution in [2.45, 2.75) is 44.2 Å². The smallest absolute Gasteiger partial charge is 0.307 e. The Morgan fingerprint density at radius 2 is 1.95 bits per heavy atom. The SMILES string of the molecule is O=C1C[C@@H](C(=O)NCc2ccccc2)C2(CCCC2)O1. The van der Waals surface area contributed by atoms with Crippen LogP contribution in [0.4, 0.5) is 0 Å². The van der Waals surface area contributed by atoms with Gasteiger partial charge in [-0.05, 0) is 31.2 Å². The molecule has 1 saturated carbocycles. The second-order valence-corrected chi connectivity index (χ2v) is 5.71. The molecular formula is C16H19NO3. The van der Waals surface area contributed by atoms with E-state index in [0.29, 0.717) is 6.54 Å². The predicted octanol–water partition coefficient (Wildman–Crippen LogP) is 2.18. The van der Waals surface area contributed by atoms with Crippen molar-refractivity contribution >= 4 is 11.9 Å². The third-order valence-corrected chi connectivity index (χ3v) is 4.40. The van der Waals surface area contributed by atoms with E-state index in [2.05, 4.69) is 5.32 Å². The quantitative estimate of drug-likeness (QED) is 0.859. The lowest BCUT2D eigenvalue weighted by Crippen LogP contribution is -2.42. The second-order valence-electron chi connectivity index (χ2n) is 5.71. The minimum absolute atomic E-state index is 0.0541. The minimum Gasteiger partial charge on any atom is -0.458 e. The molecule has 1 spiro atoms. The van der Waals surface area contributed by atoms with Crippen molar-refractivity contribution in [3.05, 3.63) is 35.9 Å².